The Kier molecular flexibility index (Phi) is 8.57. The Morgan fingerprint density at radius 2 is 1.81 bits per heavy atom. The fraction of sp³-hybridized carbons (Fsp3) is 0.562. The Bertz CT molecular complexity index is 1260. The number of likely N-dealkylation sites (tertiary alicyclic amines) is 1. The average molecular weight is 580 g/mol. The van der Waals surface area contributed by atoms with Crippen LogP contribution in [-0.2, 0) is 28.7 Å². The van der Waals surface area contributed by atoms with Crippen molar-refractivity contribution in [1.82, 2.24) is 14.7 Å². The van der Waals surface area contributed by atoms with Gasteiger partial charge in [0, 0.05) is 39.2 Å². The molecule has 10 nitrogen and oxygen atoms in total. The summed E-state index contributed by atoms with van der Waals surface area (Å²) in [6.07, 6.45) is 6.84. The van der Waals surface area contributed by atoms with Gasteiger partial charge in [0.1, 0.15) is 23.7 Å². The van der Waals surface area contributed by atoms with Gasteiger partial charge in [-0.05, 0) is 39.2 Å². The number of hydrogen-bond acceptors (Lipinski definition) is 7. The molecule has 4 aliphatic heterocycles. The van der Waals surface area contributed by atoms with Crippen molar-refractivity contribution in [2.75, 3.05) is 26.7 Å². The summed E-state index contributed by atoms with van der Waals surface area (Å²) in [6.45, 7) is 5.97. The molecule has 0 unspecified atom stereocenters. The molecule has 7 atom stereocenters. The summed E-state index contributed by atoms with van der Waals surface area (Å²) in [6, 6.07) is 7.61. The lowest BCUT2D eigenvalue weighted by Crippen LogP contribution is -2.57. The quantitative estimate of drug-likeness (QED) is 0.420. The number of amides is 3. The van der Waals surface area contributed by atoms with E-state index in [9.17, 15) is 24.3 Å². The molecule has 226 valence electrons. The molecule has 1 aromatic rings. The molecule has 4 aliphatic rings. The number of fused-ring (bicyclic) bond motifs is 2. The predicted molar refractivity (Wildman–Crippen MR) is 154 cm³/mol. The highest BCUT2D eigenvalue weighted by molar-refractivity contribution is 5.99. The third kappa shape index (κ3) is 5.04. The standard InChI is InChI=1S/C32H41N3O7/c1-20(2)34-17-10-6-9-14-24(37)33(4)21(3)27(22-12-7-5-8-13-22)41-31(40)25-23-15-16-32(42-23)26(25)29(38)35(18-11-19-36)28(32)30(34)39/h5-8,10,12-13,15-16,20-21,23,25-28,36H,9,11,14,17-19H2,1-4H3/b10-6-/t21-,23+,25-,26-,27+,28+,32-/m0/s1. The number of esters is 1. The van der Waals surface area contributed by atoms with E-state index < -0.39 is 47.7 Å². The van der Waals surface area contributed by atoms with Crippen molar-refractivity contribution in [1.29, 1.82) is 0 Å². The summed E-state index contributed by atoms with van der Waals surface area (Å²) in [5, 5.41) is 9.59. The predicted octanol–water partition coefficient (Wildman–Crippen LogP) is 2.24. The first kappa shape index (κ1) is 30.0. The SMILES string of the molecule is CC(C)N1C/C=C\CCC(=O)N(C)[C@@H](C)[C@H](c2ccccc2)OC(=O)[C@@H]2[C@H]3C(=O)N(CCCO)[C@H](C1=O)[C@]31C=C[C@H]2O1. The Balaban J connectivity index is 1.59. The van der Waals surface area contributed by atoms with Gasteiger partial charge < -0.3 is 29.3 Å². The maximum atomic E-state index is 14.3. The normalized spacial score (nSPS) is 34.4. The fourth-order valence-corrected chi connectivity index (χ4v) is 6.82. The van der Waals surface area contributed by atoms with Gasteiger partial charge in [-0.3, -0.25) is 19.2 Å². The van der Waals surface area contributed by atoms with Gasteiger partial charge in [-0.15, -0.1) is 0 Å². The number of cyclic esters (lactones) is 1. The van der Waals surface area contributed by atoms with Crippen LogP contribution < -0.4 is 0 Å². The van der Waals surface area contributed by atoms with E-state index in [1.807, 2.05) is 63.3 Å². The van der Waals surface area contributed by atoms with Gasteiger partial charge in [-0.2, -0.15) is 0 Å². The van der Waals surface area contributed by atoms with E-state index in [1.165, 1.54) is 4.90 Å². The maximum Gasteiger partial charge on any atom is 0.313 e. The minimum Gasteiger partial charge on any atom is -0.455 e. The average Bonchev–Trinajstić information content (AvgIpc) is 3.62. The van der Waals surface area contributed by atoms with Gasteiger partial charge in [0.2, 0.25) is 17.7 Å². The smallest absolute Gasteiger partial charge is 0.313 e. The van der Waals surface area contributed by atoms with Gasteiger partial charge in [0.25, 0.3) is 0 Å². The summed E-state index contributed by atoms with van der Waals surface area (Å²) in [5.41, 5.74) is -0.586. The monoisotopic (exact) mass is 579 g/mol. The summed E-state index contributed by atoms with van der Waals surface area (Å²) in [7, 11) is 1.70. The molecule has 0 radical (unpaired) electrons. The van der Waals surface area contributed by atoms with Gasteiger partial charge in [0.15, 0.2) is 0 Å². The van der Waals surface area contributed by atoms with E-state index in [4.69, 9.17) is 9.47 Å². The van der Waals surface area contributed by atoms with E-state index in [0.29, 0.717) is 13.0 Å². The number of likely N-dealkylation sites (N-methyl/N-ethyl adjacent to an activating group) is 1. The fourth-order valence-electron chi connectivity index (χ4n) is 6.82. The lowest BCUT2D eigenvalue weighted by Gasteiger charge is -2.37. The van der Waals surface area contributed by atoms with Crippen LogP contribution in [0, 0.1) is 11.8 Å². The van der Waals surface area contributed by atoms with Crippen molar-refractivity contribution in [3.63, 3.8) is 0 Å². The molecule has 5 bridgehead atoms. The number of carbonyl (C=O) groups is 4. The summed E-state index contributed by atoms with van der Waals surface area (Å²) in [5.74, 6) is -3.23. The molecule has 1 spiro atoms. The first-order chi connectivity index (χ1) is 20.1. The molecule has 42 heavy (non-hydrogen) atoms. The van der Waals surface area contributed by atoms with Crippen molar-refractivity contribution in [2.24, 2.45) is 11.8 Å². The largest absolute Gasteiger partial charge is 0.455 e. The van der Waals surface area contributed by atoms with Crippen LogP contribution in [-0.4, -0.2) is 100 Å². The number of allylic oxidation sites excluding steroid dienone is 1. The van der Waals surface area contributed by atoms with Gasteiger partial charge in [0.05, 0.1) is 18.1 Å². The Hall–Kier alpha value is -3.50. The van der Waals surface area contributed by atoms with E-state index >= 15 is 0 Å². The first-order valence-corrected chi connectivity index (χ1v) is 14.9. The second kappa shape index (κ2) is 12.0. The van der Waals surface area contributed by atoms with Crippen LogP contribution in [0.4, 0.5) is 0 Å². The molecule has 2 fully saturated rings. The topological polar surface area (TPSA) is 117 Å². The summed E-state index contributed by atoms with van der Waals surface area (Å²) >= 11 is 0. The van der Waals surface area contributed by atoms with E-state index in [2.05, 4.69) is 0 Å². The van der Waals surface area contributed by atoms with Crippen LogP contribution in [0.5, 0.6) is 0 Å². The third-order valence-corrected chi connectivity index (χ3v) is 9.15. The van der Waals surface area contributed by atoms with Gasteiger partial charge in [-0.25, -0.2) is 0 Å². The lowest BCUT2D eigenvalue weighted by molar-refractivity contribution is -0.164. The molecule has 10 heteroatoms. The molecular weight excluding hydrogens is 538 g/mol. The Morgan fingerprint density at radius 3 is 2.50 bits per heavy atom. The molecule has 0 saturated carbocycles. The zero-order chi connectivity index (χ0) is 30.2. The molecule has 1 aromatic carbocycles. The van der Waals surface area contributed by atoms with Crippen LogP contribution in [0.15, 0.2) is 54.6 Å². The van der Waals surface area contributed by atoms with Gasteiger partial charge >= 0.3 is 5.97 Å². The first-order valence-electron chi connectivity index (χ1n) is 14.9. The lowest BCUT2D eigenvalue weighted by atomic mass is 9.74. The molecule has 4 heterocycles. The second-order valence-electron chi connectivity index (χ2n) is 11.9. The van der Waals surface area contributed by atoms with Crippen LogP contribution in [0.2, 0.25) is 0 Å². The summed E-state index contributed by atoms with van der Waals surface area (Å²) in [4.78, 5) is 60.4. The molecule has 5 rings (SSSR count). The highest BCUT2D eigenvalue weighted by Gasteiger charge is 2.73. The number of nitrogens with zero attached hydrogens (tertiary/aromatic N) is 3. The number of aliphatic hydroxyl groups is 1. The van der Waals surface area contributed by atoms with Crippen molar-refractivity contribution in [2.45, 2.75) is 76.0 Å². The Morgan fingerprint density at radius 1 is 1.07 bits per heavy atom. The molecule has 2 saturated heterocycles. The molecule has 0 aliphatic carbocycles. The summed E-state index contributed by atoms with van der Waals surface area (Å²) < 4.78 is 12.7. The third-order valence-electron chi connectivity index (χ3n) is 9.15. The number of ether oxygens (including phenoxy) is 2. The maximum absolute atomic E-state index is 14.3. The minimum absolute atomic E-state index is 0.0934. The number of benzene rings is 1. The zero-order valence-corrected chi connectivity index (χ0v) is 24.7. The molecule has 3 amide bonds. The van der Waals surface area contributed by atoms with Crippen molar-refractivity contribution >= 4 is 23.7 Å². The Labute approximate surface area is 246 Å². The highest BCUT2D eigenvalue weighted by atomic mass is 16.6. The van der Waals surface area contributed by atoms with E-state index in [0.717, 1.165) is 5.56 Å². The molecular formula is C32H41N3O7. The van der Waals surface area contributed by atoms with E-state index in [-0.39, 0.29) is 49.8 Å². The number of rotatable bonds is 5. The van der Waals surface area contributed by atoms with Crippen molar-refractivity contribution in [3.05, 3.63) is 60.2 Å². The van der Waals surface area contributed by atoms with Crippen LogP contribution >= 0.6 is 0 Å². The van der Waals surface area contributed by atoms with Crippen LogP contribution in [0.25, 0.3) is 0 Å². The van der Waals surface area contributed by atoms with Crippen molar-refractivity contribution < 1.29 is 33.8 Å². The molecule has 0 aromatic heterocycles. The number of hydrogen-bond donors (Lipinski definition) is 1. The van der Waals surface area contributed by atoms with E-state index in [1.54, 1.807) is 29.0 Å². The highest BCUT2D eigenvalue weighted by Crippen LogP contribution is 2.56. The number of aliphatic hydroxyl groups excluding tert-OH is 1. The van der Waals surface area contributed by atoms with Crippen LogP contribution in [0.1, 0.15) is 51.7 Å². The van der Waals surface area contributed by atoms with Gasteiger partial charge in [-0.1, -0.05) is 54.6 Å². The zero-order valence-electron chi connectivity index (χ0n) is 24.7. The van der Waals surface area contributed by atoms with Crippen LogP contribution in [0.3, 0.4) is 0 Å². The minimum atomic E-state index is -1.32. The molecule has 1 N–H and O–H groups in total. The second-order valence-corrected chi connectivity index (χ2v) is 11.9. The van der Waals surface area contributed by atoms with Crippen molar-refractivity contribution in [3.8, 4) is 0 Å². The number of carbonyl (C=O) groups excluding carboxylic acids is 4.